The molecule has 0 saturated heterocycles. The van der Waals surface area contributed by atoms with Gasteiger partial charge in [0.1, 0.15) is 10.9 Å². The first kappa shape index (κ1) is 12.5. The third-order valence-electron chi connectivity index (χ3n) is 3.51. The molecule has 1 aromatic carbocycles. The maximum Gasteiger partial charge on any atom is 0.150 e. The number of aromatic nitrogens is 1. The molecule has 1 aliphatic rings. The number of Topliss-reactive ketones (excluding diaryl/α,β-unsaturated/α-hetero) is 2. The van der Waals surface area contributed by atoms with E-state index in [1.165, 1.54) is 11.3 Å². The zero-order valence-corrected chi connectivity index (χ0v) is 11.8. The molecule has 1 heterocycles. The van der Waals surface area contributed by atoms with Crippen LogP contribution in [-0.4, -0.2) is 16.6 Å². The third kappa shape index (κ3) is 2.21. The number of carbonyl (C=O) groups excluding carboxylic acids is 2. The Bertz CT molecular complexity index is 619. The number of hydrogen-bond donors (Lipinski definition) is 0. The number of ketones is 2. The Labute approximate surface area is 115 Å². The predicted molar refractivity (Wildman–Crippen MR) is 75.4 cm³/mol. The van der Waals surface area contributed by atoms with E-state index in [1.807, 2.05) is 38.1 Å². The van der Waals surface area contributed by atoms with Gasteiger partial charge in [0, 0.05) is 12.8 Å². The van der Waals surface area contributed by atoms with Crippen molar-refractivity contribution in [3.8, 4) is 0 Å². The van der Waals surface area contributed by atoms with Gasteiger partial charge in [-0.2, -0.15) is 0 Å². The van der Waals surface area contributed by atoms with Gasteiger partial charge in [-0.25, -0.2) is 4.98 Å². The van der Waals surface area contributed by atoms with E-state index in [1.54, 1.807) is 0 Å². The summed E-state index contributed by atoms with van der Waals surface area (Å²) in [5, 5.41) is 0.659. The highest BCUT2D eigenvalue weighted by Crippen LogP contribution is 2.39. The average molecular weight is 273 g/mol. The zero-order chi connectivity index (χ0) is 13.6. The Balaban J connectivity index is 2.01. The molecule has 2 aromatic rings. The standard InChI is InChI=1S/C15H15NO2S/c1-15(2)7-10(17)13(11(18)8-15)14-16-9-5-3-4-6-12(9)19-14/h3-6,13H,7-8H2,1-2H3. The summed E-state index contributed by atoms with van der Waals surface area (Å²) >= 11 is 1.46. The lowest BCUT2D eigenvalue weighted by atomic mass is 9.72. The molecule has 1 fully saturated rings. The lowest BCUT2D eigenvalue weighted by molar-refractivity contribution is -0.135. The van der Waals surface area contributed by atoms with Crippen LogP contribution in [0.1, 0.15) is 37.6 Å². The van der Waals surface area contributed by atoms with Gasteiger partial charge in [0.2, 0.25) is 0 Å². The number of rotatable bonds is 1. The summed E-state index contributed by atoms with van der Waals surface area (Å²) in [6.07, 6.45) is 0.915. The second-order valence-corrected chi connectivity index (χ2v) is 6.97. The quantitative estimate of drug-likeness (QED) is 0.749. The Hall–Kier alpha value is -1.55. The van der Waals surface area contributed by atoms with E-state index in [2.05, 4.69) is 4.98 Å². The Morgan fingerprint density at radius 3 is 2.42 bits per heavy atom. The second-order valence-electron chi connectivity index (χ2n) is 5.90. The predicted octanol–water partition coefficient (Wildman–Crippen LogP) is 3.34. The number of hydrogen-bond acceptors (Lipinski definition) is 4. The molecule has 0 bridgehead atoms. The van der Waals surface area contributed by atoms with Crippen LogP contribution in [0.25, 0.3) is 10.2 Å². The third-order valence-corrected chi connectivity index (χ3v) is 4.61. The molecule has 0 radical (unpaired) electrons. The molecule has 19 heavy (non-hydrogen) atoms. The number of fused-ring (bicyclic) bond motifs is 1. The summed E-state index contributed by atoms with van der Waals surface area (Å²) in [5.41, 5.74) is 0.661. The van der Waals surface area contributed by atoms with Crippen molar-refractivity contribution in [1.29, 1.82) is 0 Å². The van der Waals surface area contributed by atoms with Crippen LogP contribution in [0.15, 0.2) is 24.3 Å². The molecule has 0 spiro atoms. The first-order valence-corrected chi connectivity index (χ1v) is 7.19. The van der Waals surface area contributed by atoms with Gasteiger partial charge in [-0.15, -0.1) is 11.3 Å². The number of thiazole rings is 1. The van der Waals surface area contributed by atoms with Gasteiger partial charge in [-0.05, 0) is 17.5 Å². The topological polar surface area (TPSA) is 47.0 Å². The van der Waals surface area contributed by atoms with Crippen LogP contribution in [-0.2, 0) is 9.59 Å². The highest BCUT2D eigenvalue weighted by molar-refractivity contribution is 7.18. The molecule has 1 aliphatic carbocycles. The summed E-state index contributed by atoms with van der Waals surface area (Å²) in [4.78, 5) is 28.9. The smallest absolute Gasteiger partial charge is 0.150 e. The number of benzene rings is 1. The molecule has 3 nitrogen and oxygen atoms in total. The molecule has 1 aromatic heterocycles. The summed E-state index contributed by atoms with van der Waals surface area (Å²) in [5.74, 6) is -0.606. The van der Waals surface area contributed by atoms with Crippen LogP contribution in [0.3, 0.4) is 0 Å². The molecule has 0 atom stereocenters. The highest BCUT2D eigenvalue weighted by Gasteiger charge is 2.41. The van der Waals surface area contributed by atoms with Gasteiger partial charge in [-0.3, -0.25) is 9.59 Å². The molecule has 98 valence electrons. The minimum atomic E-state index is -0.634. The number of para-hydroxylation sites is 1. The van der Waals surface area contributed by atoms with E-state index in [9.17, 15) is 9.59 Å². The van der Waals surface area contributed by atoms with E-state index in [-0.39, 0.29) is 17.0 Å². The minimum Gasteiger partial charge on any atom is -0.298 e. The molecule has 0 aliphatic heterocycles. The van der Waals surface area contributed by atoms with Crippen LogP contribution in [0.5, 0.6) is 0 Å². The first-order chi connectivity index (χ1) is 8.96. The zero-order valence-electron chi connectivity index (χ0n) is 11.0. The summed E-state index contributed by atoms with van der Waals surface area (Å²) in [7, 11) is 0. The fourth-order valence-electron chi connectivity index (χ4n) is 2.68. The molecule has 3 rings (SSSR count). The second kappa shape index (κ2) is 4.23. The van der Waals surface area contributed by atoms with Gasteiger partial charge in [-0.1, -0.05) is 26.0 Å². The van der Waals surface area contributed by atoms with Crippen molar-refractivity contribution in [2.45, 2.75) is 32.6 Å². The van der Waals surface area contributed by atoms with Gasteiger partial charge < -0.3 is 0 Å². The minimum absolute atomic E-state index is 0.0142. The Morgan fingerprint density at radius 2 is 1.79 bits per heavy atom. The first-order valence-electron chi connectivity index (χ1n) is 6.37. The van der Waals surface area contributed by atoms with Gasteiger partial charge in [0.15, 0.2) is 11.6 Å². The fraction of sp³-hybridized carbons (Fsp3) is 0.400. The van der Waals surface area contributed by atoms with Crippen molar-refractivity contribution in [3.63, 3.8) is 0 Å². The van der Waals surface area contributed by atoms with Crippen molar-refractivity contribution in [1.82, 2.24) is 4.98 Å². The van der Waals surface area contributed by atoms with E-state index in [0.717, 1.165) is 10.2 Å². The van der Waals surface area contributed by atoms with Gasteiger partial charge in [0.25, 0.3) is 0 Å². The normalized spacial score (nSPS) is 20.1. The monoisotopic (exact) mass is 273 g/mol. The van der Waals surface area contributed by atoms with E-state index in [4.69, 9.17) is 0 Å². The molecule has 1 saturated carbocycles. The van der Waals surface area contributed by atoms with Crippen molar-refractivity contribution in [2.24, 2.45) is 5.41 Å². The lowest BCUT2D eigenvalue weighted by Crippen LogP contribution is -2.35. The average Bonchev–Trinajstić information content (AvgIpc) is 2.68. The van der Waals surface area contributed by atoms with Crippen LogP contribution >= 0.6 is 11.3 Å². The molecular weight excluding hydrogens is 258 g/mol. The van der Waals surface area contributed by atoms with Crippen molar-refractivity contribution in [3.05, 3.63) is 29.3 Å². The summed E-state index contributed by atoms with van der Waals surface area (Å²) < 4.78 is 1.03. The van der Waals surface area contributed by atoms with E-state index < -0.39 is 5.92 Å². The Morgan fingerprint density at radius 1 is 1.16 bits per heavy atom. The van der Waals surface area contributed by atoms with Crippen molar-refractivity contribution >= 4 is 33.1 Å². The highest BCUT2D eigenvalue weighted by atomic mass is 32.1. The van der Waals surface area contributed by atoms with Crippen LogP contribution in [0.4, 0.5) is 0 Å². The molecular formula is C15H15NO2S. The maximum absolute atomic E-state index is 12.2. The van der Waals surface area contributed by atoms with Crippen molar-refractivity contribution in [2.75, 3.05) is 0 Å². The molecule has 0 N–H and O–H groups in total. The molecule has 0 unspecified atom stereocenters. The lowest BCUT2D eigenvalue weighted by Gasteiger charge is -2.31. The SMILES string of the molecule is CC1(C)CC(=O)C(c2nc3ccccc3s2)C(=O)C1. The van der Waals surface area contributed by atoms with Gasteiger partial charge in [0.05, 0.1) is 10.2 Å². The van der Waals surface area contributed by atoms with E-state index in [0.29, 0.717) is 17.8 Å². The summed E-state index contributed by atoms with van der Waals surface area (Å²) in [6, 6.07) is 7.74. The van der Waals surface area contributed by atoms with Crippen LogP contribution < -0.4 is 0 Å². The molecule has 0 amide bonds. The Kier molecular flexibility index (Phi) is 2.78. The molecule has 4 heteroatoms. The maximum atomic E-state index is 12.2. The largest absolute Gasteiger partial charge is 0.298 e. The van der Waals surface area contributed by atoms with Crippen molar-refractivity contribution < 1.29 is 9.59 Å². The number of nitrogens with zero attached hydrogens (tertiary/aromatic N) is 1. The van der Waals surface area contributed by atoms with Gasteiger partial charge >= 0.3 is 0 Å². The van der Waals surface area contributed by atoms with Crippen LogP contribution in [0, 0.1) is 5.41 Å². The summed E-state index contributed by atoms with van der Waals surface area (Å²) in [6.45, 7) is 3.94. The van der Waals surface area contributed by atoms with Crippen LogP contribution in [0.2, 0.25) is 0 Å². The number of carbonyl (C=O) groups is 2. The fourth-order valence-corrected chi connectivity index (χ4v) is 3.79. The van der Waals surface area contributed by atoms with E-state index >= 15 is 0 Å².